The van der Waals surface area contributed by atoms with Crippen LogP contribution in [-0.2, 0) is 30.9 Å². The quantitative estimate of drug-likeness (QED) is 0.585. The molecule has 1 saturated carbocycles. The molecule has 2 fully saturated rings. The normalized spacial score (nSPS) is 24.2. The molecule has 0 spiro atoms. The molecule has 1 saturated heterocycles. The van der Waals surface area contributed by atoms with Crippen molar-refractivity contribution >= 4 is 16.0 Å². The standard InChI is InChI=1S/C25H31NO6S/c1-2-31-25(28)22-16-23(32-17-18-8-4-3-5-9-18)24(19-10-6-7-11-19)26(22)33(29,30)21-14-12-20(27)13-15-21/h3-5,8-9,12-15,19,22-24,27H,2,6-7,10-11,16-17H2,1H3/t22-,23+,24?/m1/s1. The first kappa shape index (κ1) is 23.7. The third-order valence-corrected chi connectivity index (χ3v) is 8.52. The number of sulfonamides is 1. The molecule has 2 aromatic carbocycles. The van der Waals surface area contributed by atoms with E-state index in [1.165, 1.54) is 28.6 Å². The molecule has 1 heterocycles. The van der Waals surface area contributed by atoms with Gasteiger partial charge in [0.2, 0.25) is 10.0 Å². The molecule has 33 heavy (non-hydrogen) atoms. The van der Waals surface area contributed by atoms with E-state index in [2.05, 4.69) is 0 Å². The fraction of sp³-hybridized carbons (Fsp3) is 0.480. The average molecular weight is 474 g/mol. The molecular weight excluding hydrogens is 442 g/mol. The Morgan fingerprint density at radius 1 is 1.06 bits per heavy atom. The van der Waals surface area contributed by atoms with E-state index >= 15 is 0 Å². The fourth-order valence-electron chi connectivity index (χ4n) is 5.10. The van der Waals surface area contributed by atoms with Gasteiger partial charge in [0.15, 0.2) is 0 Å². The smallest absolute Gasteiger partial charge is 0.324 e. The van der Waals surface area contributed by atoms with Gasteiger partial charge in [0.05, 0.1) is 30.3 Å². The van der Waals surface area contributed by atoms with Gasteiger partial charge in [0.25, 0.3) is 0 Å². The second-order valence-corrected chi connectivity index (χ2v) is 10.5. The summed E-state index contributed by atoms with van der Waals surface area (Å²) in [6.45, 7) is 2.23. The minimum Gasteiger partial charge on any atom is -0.508 e. The largest absolute Gasteiger partial charge is 0.508 e. The van der Waals surface area contributed by atoms with Gasteiger partial charge in [-0.25, -0.2) is 8.42 Å². The summed E-state index contributed by atoms with van der Waals surface area (Å²) < 4.78 is 40.6. The van der Waals surface area contributed by atoms with E-state index in [1.54, 1.807) is 6.92 Å². The van der Waals surface area contributed by atoms with Gasteiger partial charge in [0, 0.05) is 6.42 Å². The molecule has 7 nitrogen and oxygen atoms in total. The van der Waals surface area contributed by atoms with Gasteiger partial charge in [-0.05, 0) is 55.5 Å². The van der Waals surface area contributed by atoms with Gasteiger partial charge in [-0.15, -0.1) is 0 Å². The highest BCUT2D eigenvalue weighted by molar-refractivity contribution is 7.89. The van der Waals surface area contributed by atoms with Crippen molar-refractivity contribution in [1.82, 2.24) is 4.31 Å². The van der Waals surface area contributed by atoms with Gasteiger partial charge in [-0.1, -0.05) is 43.2 Å². The Hall–Kier alpha value is -2.42. The van der Waals surface area contributed by atoms with Crippen LogP contribution in [0.15, 0.2) is 59.5 Å². The SMILES string of the molecule is CCOC(=O)[C@H]1C[C@H](OCc2ccccc2)C(C2CCCC2)N1S(=O)(=O)c1ccc(O)cc1. The molecule has 1 unspecified atom stereocenters. The van der Waals surface area contributed by atoms with Crippen LogP contribution in [0.4, 0.5) is 0 Å². The molecule has 2 aliphatic rings. The van der Waals surface area contributed by atoms with Crippen LogP contribution < -0.4 is 0 Å². The Bertz CT molecular complexity index is 1030. The number of carbonyl (C=O) groups is 1. The first-order valence-corrected chi connectivity index (χ1v) is 13.0. The van der Waals surface area contributed by atoms with Crippen LogP contribution in [0, 0.1) is 5.92 Å². The summed E-state index contributed by atoms with van der Waals surface area (Å²) >= 11 is 0. The molecular formula is C25H31NO6S. The Morgan fingerprint density at radius 2 is 1.73 bits per heavy atom. The van der Waals surface area contributed by atoms with Crippen molar-refractivity contribution in [2.45, 2.75) is 68.7 Å². The van der Waals surface area contributed by atoms with Crippen LogP contribution in [0.2, 0.25) is 0 Å². The summed E-state index contributed by atoms with van der Waals surface area (Å²) in [5.41, 5.74) is 0.996. The number of ether oxygens (including phenoxy) is 2. The Balaban J connectivity index is 1.71. The predicted molar refractivity (Wildman–Crippen MR) is 123 cm³/mol. The van der Waals surface area contributed by atoms with Crippen LogP contribution in [0.1, 0.15) is 44.6 Å². The van der Waals surface area contributed by atoms with Crippen LogP contribution in [0.5, 0.6) is 5.75 Å². The molecule has 3 atom stereocenters. The van der Waals surface area contributed by atoms with Gasteiger partial charge in [0.1, 0.15) is 11.8 Å². The number of hydrogen-bond donors (Lipinski definition) is 1. The van der Waals surface area contributed by atoms with E-state index < -0.39 is 34.2 Å². The molecule has 4 rings (SSSR count). The third kappa shape index (κ3) is 5.08. The second kappa shape index (κ2) is 10.2. The summed E-state index contributed by atoms with van der Waals surface area (Å²) in [5, 5.41) is 9.64. The van der Waals surface area contributed by atoms with Crippen molar-refractivity contribution in [1.29, 1.82) is 0 Å². The molecule has 0 aromatic heterocycles. The zero-order valence-corrected chi connectivity index (χ0v) is 19.6. The second-order valence-electron chi connectivity index (χ2n) is 8.70. The molecule has 8 heteroatoms. The predicted octanol–water partition coefficient (Wildman–Crippen LogP) is 3.86. The van der Waals surface area contributed by atoms with Gasteiger partial charge >= 0.3 is 5.97 Å². The first-order chi connectivity index (χ1) is 15.9. The molecule has 1 aliphatic carbocycles. The highest BCUT2D eigenvalue weighted by atomic mass is 32.2. The monoisotopic (exact) mass is 473 g/mol. The van der Waals surface area contributed by atoms with Crippen LogP contribution >= 0.6 is 0 Å². The molecule has 178 valence electrons. The number of carbonyl (C=O) groups excluding carboxylic acids is 1. The summed E-state index contributed by atoms with van der Waals surface area (Å²) in [4.78, 5) is 13.0. The van der Waals surface area contributed by atoms with Crippen molar-refractivity contribution in [3.05, 3.63) is 60.2 Å². The summed E-state index contributed by atoms with van der Waals surface area (Å²) in [5.74, 6) is -0.459. The van der Waals surface area contributed by atoms with E-state index in [4.69, 9.17) is 9.47 Å². The molecule has 0 bridgehead atoms. The Labute approximate surface area is 195 Å². The lowest BCUT2D eigenvalue weighted by molar-refractivity contribution is -0.147. The maximum Gasteiger partial charge on any atom is 0.324 e. The summed E-state index contributed by atoms with van der Waals surface area (Å²) in [7, 11) is -4.03. The third-order valence-electron chi connectivity index (χ3n) is 6.60. The van der Waals surface area contributed by atoms with Crippen molar-refractivity contribution < 1.29 is 27.8 Å². The van der Waals surface area contributed by atoms with Crippen molar-refractivity contribution in [2.24, 2.45) is 5.92 Å². The van der Waals surface area contributed by atoms with E-state index in [9.17, 15) is 18.3 Å². The molecule has 0 radical (unpaired) electrons. The number of aromatic hydroxyl groups is 1. The maximum atomic E-state index is 13.8. The molecule has 1 N–H and O–H groups in total. The van der Waals surface area contributed by atoms with Crippen LogP contribution in [0.25, 0.3) is 0 Å². The highest BCUT2D eigenvalue weighted by Crippen LogP contribution is 2.43. The maximum absolute atomic E-state index is 13.8. The van der Waals surface area contributed by atoms with Crippen LogP contribution in [-0.4, -0.2) is 48.6 Å². The number of phenolic OH excluding ortho intramolecular Hbond substituents is 1. The number of nitrogens with zero attached hydrogens (tertiary/aromatic N) is 1. The minimum atomic E-state index is -4.03. The number of esters is 1. The van der Waals surface area contributed by atoms with Crippen molar-refractivity contribution in [3.63, 3.8) is 0 Å². The number of hydrogen-bond acceptors (Lipinski definition) is 6. The topological polar surface area (TPSA) is 93.1 Å². The van der Waals surface area contributed by atoms with Crippen LogP contribution in [0.3, 0.4) is 0 Å². The zero-order valence-electron chi connectivity index (χ0n) is 18.8. The molecule has 2 aromatic rings. The minimum absolute atomic E-state index is 0.0197. The van der Waals surface area contributed by atoms with E-state index in [-0.39, 0.29) is 29.6 Å². The fourth-order valence-corrected chi connectivity index (χ4v) is 6.95. The number of phenols is 1. The van der Waals surface area contributed by atoms with Crippen molar-refractivity contribution in [2.75, 3.05) is 6.61 Å². The van der Waals surface area contributed by atoms with E-state index in [0.29, 0.717) is 6.61 Å². The van der Waals surface area contributed by atoms with Gasteiger partial charge in [-0.3, -0.25) is 4.79 Å². The first-order valence-electron chi connectivity index (χ1n) is 11.6. The lowest BCUT2D eigenvalue weighted by atomic mass is 9.94. The lowest BCUT2D eigenvalue weighted by Gasteiger charge is -2.33. The van der Waals surface area contributed by atoms with Gasteiger partial charge < -0.3 is 14.6 Å². The van der Waals surface area contributed by atoms with E-state index in [0.717, 1.165) is 31.2 Å². The summed E-state index contributed by atoms with van der Waals surface area (Å²) in [6, 6.07) is 13.8. The molecule has 0 amide bonds. The number of benzene rings is 2. The van der Waals surface area contributed by atoms with E-state index in [1.807, 2.05) is 30.3 Å². The average Bonchev–Trinajstić information content (AvgIpc) is 3.47. The van der Waals surface area contributed by atoms with Gasteiger partial charge in [-0.2, -0.15) is 4.31 Å². The van der Waals surface area contributed by atoms with Crippen molar-refractivity contribution in [3.8, 4) is 5.75 Å². The Morgan fingerprint density at radius 3 is 2.36 bits per heavy atom. The zero-order chi connectivity index (χ0) is 23.4. The Kier molecular flexibility index (Phi) is 7.36. The number of rotatable bonds is 8. The lowest BCUT2D eigenvalue weighted by Crippen LogP contribution is -2.49. The molecule has 1 aliphatic heterocycles. The highest BCUT2D eigenvalue weighted by Gasteiger charge is 2.54. The summed E-state index contributed by atoms with van der Waals surface area (Å²) in [6.07, 6.45) is 3.69.